The largest absolute Gasteiger partial charge is 0.497 e. The molecular weight excluding hydrogens is 332 g/mol. The second kappa shape index (κ2) is 9.88. The van der Waals surface area contributed by atoms with Gasteiger partial charge in [0.05, 0.1) is 7.11 Å². The Bertz CT molecular complexity index is 770. The standard InChI is InChI=1S/C20H22N2O4/c1-3-15-7-10-17(11-8-15)26-14-20(24)22-21-19(23)12-9-16-5-4-6-18(13-16)25-2/h4-13H,3,14H2,1-2H3,(H,21,23)(H,22,24)/b12-9+. The molecule has 2 amide bonds. The molecule has 0 unspecified atom stereocenters. The van der Waals surface area contributed by atoms with Crippen molar-refractivity contribution in [2.45, 2.75) is 13.3 Å². The Kier molecular flexibility index (Phi) is 7.24. The fourth-order valence-electron chi connectivity index (χ4n) is 2.10. The van der Waals surface area contributed by atoms with Crippen molar-refractivity contribution in [2.24, 2.45) is 0 Å². The first kappa shape index (κ1) is 19.1. The Labute approximate surface area is 152 Å². The number of carbonyl (C=O) groups excluding carboxylic acids is 2. The average Bonchev–Trinajstić information content (AvgIpc) is 2.69. The van der Waals surface area contributed by atoms with Crippen molar-refractivity contribution in [3.05, 3.63) is 65.7 Å². The van der Waals surface area contributed by atoms with Crippen molar-refractivity contribution in [1.82, 2.24) is 10.9 Å². The molecule has 0 bridgehead atoms. The van der Waals surface area contributed by atoms with E-state index in [1.165, 1.54) is 11.6 Å². The minimum Gasteiger partial charge on any atom is -0.497 e. The predicted octanol–water partition coefficient (Wildman–Crippen LogP) is 2.50. The van der Waals surface area contributed by atoms with Crippen molar-refractivity contribution in [3.63, 3.8) is 0 Å². The van der Waals surface area contributed by atoms with Gasteiger partial charge in [0.25, 0.3) is 11.8 Å². The first-order valence-electron chi connectivity index (χ1n) is 8.23. The number of benzene rings is 2. The van der Waals surface area contributed by atoms with Crippen LogP contribution in [0.25, 0.3) is 6.08 Å². The fourth-order valence-corrected chi connectivity index (χ4v) is 2.10. The molecule has 26 heavy (non-hydrogen) atoms. The van der Waals surface area contributed by atoms with E-state index >= 15 is 0 Å². The lowest BCUT2D eigenvalue weighted by Gasteiger charge is -2.08. The highest BCUT2D eigenvalue weighted by molar-refractivity contribution is 5.93. The van der Waals surface area contributed by atoms with E-state index in [0.717, 1.165) is 12.0 Å². The van der Waals surface area contributed by atoms with Crippen molar-refractivity contribution >= 4 is 17.9 Å². The minimum absolute atomic E-state index is 0.189. The second-order valence-corrected chi connectivity index (χ2v) is 5.43. The molecule has 2 rings (SSSR count). The summed E-state index contributed by atoms with van der Waals surface area (Å²) in [7, 11) is 1.57. The summed E-state index contributed by atoms with van der Waals surface area (Å²) in [6.07, 6.45) is 3.88. The molecule has 2 aromatic rings. The molecule has 0 aliphatic heterocycles. The van der Waals surface area contributed by atoms with Crippen molar-refractivity contribution in [3.8, 4) is 11.5 Å². The summed E-state index contributed by atoms with van der Waals surface area (Å²) in [5, 5.41) is 0. The third-order valence-corrected chi connectivity index (χ3v) is 3.55. The van der Waals surface area contributed by atoms with Gasteiger partial charge in [-0.15, -0.1) is 0 Å². The van der Waals surface area contributed by atoms with E-state index in [1.54, 1.807) is 19.3 Å². The lowest BCUT2D eigenvalue weighted by molar-refractivity contribution is -0.128. The van der Waals surface area contributed by atoms with Gasteiger partial charge in [-0.05, 0) is 47.9 Å². The average molecular weight is 354 g/mol. The van der Waals surface area contributed by atoms with Crippen LogP contribution in [-0.2, 0) is 16.0 Å². The summed E-state index contributed by atoms with van der Waals surface area (Å²) in [6, 6.07) is 14.8. The van der Waals surface area contributed by atoms with E-state index in [9.17, 15) is 9.59 Å². The van der Waals surface area contributed by atoms with E-state index in [4.69, 9.17) is 9.47 Å². The molecular formula is C20H22N2O4. The molecule has 0 heterocycles. The molecule has 2 N–H and O–H groups in total. The van der Waals surface area contributed by atoms with Crippen LogP contribution < -0.4 is 20.3 Å². The minimum atomic E-state index is -0.451. The quantitative estimate of drug-likeness (QED) is 0.592. The van der Waals surface area contributed by atoms with Crippen molar-refractivity contribution < 1.29 is 19.1 Å². The molecule has 0 atom stereocenters. The van der Waals surface area contributed by atoms with E-state index in [0.29, 0.717) is 11.5 Å². The summed E-state index contributed by atoms with van der Waals surface area (Å²) < 4.78 is 10.5. The molecule has 0 radical (unpaired) electrons. The first-order chi connectivity index (χ1) is 12.6. The number of methoxy groups -OCH3 is 1. The van der Waals surface area contributed by atoms with Crippen LogP contribution in [0.15, 0.2) is 54.6 Å². The number of hydrogen-bond acceptors (Lipinski definition) is 4. The summed E-state index contributed by atoms with van der Waals surface area (Å²) in [5.74, 6) is 0.396. The van der Waals surface area contributed by atoms with Gasteiger partial charge in [-0.25, -0.2) is 0 Å². The lowest BCUT2D eigenvalue weighted by atomic mass is 10.2. The predicted molar refractivity (Wildman–Crippen MR) is 99.6 cm³/mol. The number of amides is 2. The topological polar surface area (TPSA) is 76.7 Å². The smallest absolute Gasteiger partial charge is 0.276 e. The zero-order valence-corrected chi connectivity index (χ0v) is 14.8. The van der Waals surface area contributed by atoms with Crippen LogP contribution in [0.4, 0.5) is 0 Å². The highest BCUT2D eigenvalue weighted by atomic mass is 16.5. The van der Waals surface area contributed by atoms with Gasteiger partial charge in [0, 0.05) is 6.08 Å². The zero-order valence-electron chi connectivity index (χ0n) is 14.8. The normalized spacial score (nSPS) is 10.4. The molecule has 6 nitrogen and oxygen atoms in total. The molecule has 0 saturated carbocycles. The Balaban J connectivity index is 1.73. The molecule has 0 aromatic heterocycles. The zero-order chi connectivity index (χ0) is 18.8. The van der Waals surface area contributed by atoms with Gasteiger partial charge in [0.2, 0.25) is 0 Å². The Hall–Kier alpha value is -3.28. The van der Waals surface area contributed by atoms with Gasteiger partial charge >= 0.3 is 0 Å². The fraction of sp³-hybridized carbons (Fsp3) is 0.200. The molecule has 0 spiro atoms. The number of hydrazine groups is 1. The maximum Gasteiger partial charge on any atom is 0.276 e. The maximum absolute atomic E-state index is 11.7. The summed E-state index contributed by atoms with van der Waals surface area (Å²) in [6.45, 7) is 1.88. The van der Waals surface area contributed by atoms with Gasteiger partial charge in [-0.1, -0.05) is 31.2 Å². The van der Waals surface area contributed by atoms with Crippen LogP contribution >= 0.6 is 0 Å². The molecule has 2 aromatic carbocycles. The van der Waals surface area contributed by atoms with Gasteiger partial charge < -0.3 is 9.47 Å². The molecule has 0 aliphatic carbocycles. The number of carbonyl (C=O) groups is 2. The molecule has 0 saturated heterocycles. The van der Waals surface area contributed by atoms with E-state index in [1.807, 2.05) is 42.5 Å². The molecule has 0 aliphatic rings. The maximum atomic E-state index is 11.7. The van der Waals surface area contributed by atoms with E-state index in [-0.39, 0.29) is 6.61 Å². The van der Waals surface area contributed by atoms with Crippen molar-refractivity contribution in [2.75, 3.05) is 13.7 Å². The van der Waals surface area contributed by atoms with Crippen LogP contribution in [-0.4, -0.2) is 25.5 Å². The number of rotatable bonds is 7. The van der Waals surface area contributed by atoms with Gasteiger partial charge in [-0.3, -0.25) is 20.4 Å². The number of aryl methyl sites for hydroxylation is 1. The monoisotopic (exact) mass is 354 g/mol. The van der Waals surface area contributed by atoms with Gasteiger partial charge in [0.15, 0.2) is 6.61 Å². The van der Waals surface area contributed by atoms with E-state index in [2.05, 4.69) is 17.8 Å². The van der Waals surface area contributed by atoms with Crippen LogP contribution in [0.1, 0.15) is 18.1 Å². The van der Waals surface area contributed by atoms with E-state index < -0.39 is 11.8 Å². The number of hydrogen-bond donors (Lipinski definition) is 2. The van der Waals surface area contributed by atoms with Crippen LogP contribution in [0.3, 0.4) is 0 Å². The third-order valence-electron chi connectivity index (χ3n) is 3.55. The molecule has 6 heteroatoms. The SMILES string of the molecule is CCc1ccc(OCC(=O)NNC(=O)/C=C/c2cccc(OC)c2)cc1. The molecule has 136 valence electrons. The van der Waals surface area contributed by atoms with Crippen LogP contribution in [0.2, 0.25) is 0 Å². The first-order valence-corrected chi connectivity index (χ1v) is 8.23. The summed E-state index contributed by atoms with van der Waals surface area (Å²) >= 11 is 0. The summed E-state index contributed by atoms with van der Waals surface area (Å²) in [4.78, 5) is 23.4. The Morgan fingerprint density at radius 2 is 1.81 bits per heavy atom. The summed E-state index contributed by atoms with van der Waals surface area (Å²) in [5.41, 5.74) is 6.60. The third kappa shape index (κ3) is 6.32. The highest BCUT2D eigenvalue weighted by Crippen LogP contribution is 2.13. The van der Waals surface area contributed by atoms with Crippen LogP contribution in [0.5, 0.6) is 11.5 Å². The van der Waals surface area contributed by atoms with Crippen LogP contribution in [0, 0.1) is 0 Å². The lowest BCUT2D eigenvalue weighted by Crippen LogP contribution is -2.43. The second-order valence-electron chi connectivity index (χ2n) is 5.43. The number of nitrogens with one attached hydrogen (secondary N) is 2. The van der Waals surface area contributed by atoms with Crippen molar-refractivity contribution in [1.29, 1.82) is 0 Å². The number of ether oxygens (including phenoxy) is 2. The molecule has 0 fully saturated rings. The Morgan fingerprint density at radius 3 is 2.50 bits per heavy atom. The van der Waals surface area contributed by atoms with Gasteiger partial charge in [0.1, 0.15) is 11.5 Å². The Morgan fingerprint density at radius 1 is 1.04 bits per heavy atom. The highest BCUT2D eigenvalue weighted by Gasteiger charge is 2.04. The van der Waals surface area contributed by atoms with Gasteiger partial charge in [-0.2, -0.15) is 0 Å².